The summed E-state index contributed by atoms with van der Waals surface area (Å²) in [7, 11) is 0. The molecule has 3 unspecified atom stereocenters. The summed E-state index contributed by atoms with van der Waals surface area (Å²) >= 11 is 0. The topological polar surface area (TPSA) is 45.5 Å². The van der Waals surface area contributed by atoms with Crippen molar-refractivity contribution in [1.29, 1.82) is 0 Å². The molecule has 1 aromatic heterocycles. The molecule has 3 atom stereocenters. The summed E-state index contributed by atoms with van der Waals surface area (Å²) < 4.78 is 44.3. The van der Waals surface area contributed by atoms with Crippen LogP contribution in [0.3, 0.4) is 0 Å². The number of hydrogen-bond acceptors (Lipinski definition) is 3. The van der Waals surface area contributed by atoms with Gasteiger partial charge in [0, 0.05) is 32.0 Å². The molecule has 0 aromatic carbocycles. The number of furan rings is 1. The highest BCUT2D eigenvalue weighted by Crippen LogP contribution is 2.32. The van der Waals surface area contributed by atoms with Gasteiger partial charge in [0.05, 0.1) is 6.26 Å². The number of carbonyl (C=O) groups excluding carboxylic acids is 1. The zero-order valence-corrected chi connectivity index (χ0v) is 13.4. The van der Waals surface area contributed by atoms with Crippen LogP contribution in [0.2, 0.25) is 0 Å². The lowest BCUT2D eigenvalue weighted by Crippen LogP contribution is -2.58. The van der Waals surface area contributed by atoms with E-state index in [4.69, 9.17) is 4.42 Å². The third kappa shape index (κ3) is 4.99. The van der Waals surface area contributed by atoms with E-state index in [1.807, 2.05) is 19.1 Å². The largest absolute Gasteiger partial charge is 0.469 e. The van der Waals surface area contributed by atoms with E-state index in [9.17, 15) is 18.0 Å². The minimum absolute atomic E-state index is 0.0499. The van der Waals surface area contributed by atoms with E-state index < -0.39 is 18.1 Å². The molecule has 1 amide bonds. The molecular formula is C16H23F3N2O2. The van der Waals surface area contributed by atoms with Crippen molar-refractivity contribution in [3.63, 3.8) is 0 Å². The predicted molar refractivity (Wildman–Crippen MR) is 79.9 cm³/mol. The second kappa shape index (κ2) is 7.38. The number of nitrogens with zero attached hydrogens (tertiary/aromatic N) is 1. The van der Waals surface area contributed by atoms with Crippen LogP contribution in [-0.2, 0) is 11.2 Å². The Kier molecular flexibility index (Phi) is 5.73. The number of hydrogen-bond donors (Lipinski definition) is 1. The molecule has 1 aliphatic rings. The van der Waals surface area contributed by atoms with E-state index >= 15 is 0 Å². The number of aryl methyl sites for hydroxylation is 1. The van der Waals surface area contributed by atoms with Crippen molar-refractivity contribution >= 4 is 5.91 Å². The van der Waals surface area contributed by atoms with Gasteiger partial charge in [0.25, 0.3) is 0 Å². The van der Waals surface area contributed by atoms with Gasteiger partial charge in [-0.3, -0.25) is 4.79 Å². The van der Waals surface area contributed by atoms with Gasteiger partial charge in [-0.15, -0.1) is 0 Å². The zero-order valence-electron chi connectivity index (χ0n) is 13.4. The first-order chi connectivity index (χ1) is 10.8. The van der Waals surface area contributed by atoms with Gasteiger partial charge in [0.1, 0.15) is 11.8 Å². The summed E-state index contributed by atoms with van der Waals surface area (Å²) in [5, 5.41) is 3.34. The first-order valence-electron chi connectivity index (χ1n) is 7.89. The molecule has 0 saturated carbocycles. The molecule has 7 heteroatoms. The van der Waals surface area contributed by atoms with Crippen LogP contribution in [0.1, 0.15) is 38.9 Å². The molecule has 1 saturated heterocycles. The van der Waals surface area contributed by atoms with Crippen molar-refractivity contribution in [2.45, 2.75) is 63.8 Å². The fourth-order valence-corrected chi connectivity index (χ4v) is 3.09. The van der Waals surface area contributed by atoms with Crippen LogP contribution in [0.15, 0.2) is 22.8 Å². The Bertz CT molecular complexity index is 502. The number of nitrogens with one attached hydrogen (secondary N) is 1. The van der Waals surface area contributed by atoms with Gasteiger partial charge in [-0.1, -0.05) is 0 Å². The molecule has 4 nitrogen and oxygen atoms in total. The summed E-state index contributed by atoms with van der Waals surface area (Å²) in [6, 6.07) is 2.11. The molecule has 2 rings (SSSR count). The first kappa shape index (κ1) is 17.8. The van der Waals surface area contributed by atoms with E-state index in [1.54, 1.807) is 6.26 Å². The second-order valence-electron chi connectivity index (χ2n) is 6.19. The lowest BCUT2D eigenvalue weighted by molar-refractivity contribution is -0.196. The van der Waals surface area contributed by atoms with Crippen molar-refractivity contribution in [3.05, 3.63) is 24.2 Å². The van der Waals surface area contributed by atoms with Gasteiger partial charge < -0.3 is 14.6 Å². The van der Waals surface area contributed by atoms with E-state index in [0.29, 0.717) is 6.42 Å². The highest BCUT2D eigenvalue weighted by Gasteiger charge is 2.47. The van der Waals surface area contributed by atoms with Gasteiger partial charge in [-0.05, 0) is 38.3 Å². The molecule has 2 heterocycles. The molecule has 1 aliphatic heterocycles. The van der Waals surface area contributed by atoms with Gasteiger partial charge >= 0.3 is 6.18 Å². The molecule has 23 heavy (non-hydrogen) atoms. The normalized spacial score (nSPS) is 23.8. The van der Waals surface area contributed by atoms with Crippen molar-refractivity contribution < 1.29 is 22.4 Å². The number of carbonyl (C=O) groups is 1. The maximum atomic E-state index is 13.0. The fraction of sp³-hybridized carbons (Fsp3) is 0.688. The minimum atomic E-state index is -4.36. The van der Waals surface area contributed by atoms with Crippen molar-refractivity contribution in [2.24, 2.45) is 0 Å². The Morgan fingerprint density at radius 1 is 1.48 bits per heavy atom. The van der Waals surface area contributed by atoms with E-state index in [-0.39, 0.29) is 25.0 Å². The van der Waals surface area contributed by atoms with E-state index in [0.717, 1.165) is 23.5 Å². The number of piperidine rings is 1. The van der Waals surface area contributed by atoms with Crippen molar-refractivity contribution in [1.82, 2.24) is 10.2 Å². The molecular weight excluding hydrogens is 309 g/mol. The lowest BCUT2D eigenvalue weighted by atomic mass is 9.96. The van der Waals surface area contributed by atoms with E-state index in [2.05, 4.69) is 5.32 Å². The average Bonchev–Trinajstić information content (AvgIpc) is 2.97. The second-order valence-corrected chi connectivity index (χ2v) is 6.19. The molecule has 0 spiro atoms. The Labute approximate surface area is 134 Å². The van der Waals surface area contributed by atoms with Crippen molar-refractivity contribution in [3.8, 4) is 0 Å². The quantitative estimate of drug-likeness (QED) is 0.901. The molecule has 0 bridgehead atoms. The van der Waals surface area contributed by atoms with Crippen LogP contribution in [0.5, 0.6) is 0 Å². The summed E-state index contributed by atoms with van der Waals surface area (Å²) in [5.74, 6) is 0.367. The number of likely N-dealkylation sites (tertiary alicyclic amines) is 1. The summed E-state index contributed by atoms with van der Waals surface area (Å²) in [4.78, 5) is 12.5. The molecule has 0 radical (unpaired) electrons. The lowest BCUT2D eigenvalue weighted by Gasteiger charge is -2.41. The fourth-order valence-electron chi connectivity index (χ4n) is 3.09. The van der Waals surface area contributed by atoms with Crippen LogP contribution in [0.25, 0.3) is 0 Å². The maximum Gasteiger partial charge on any atom is 0.408 e. The van der Waals surface area contributed by atoms with Gasteiger partial charge in [0.15, 0.2) is 0 Å². The third-order valence-corrected chi connectivity index (χ3v) is 4.29. The molecule has 1 fully saturated rings. The zero-order chi connectivity index (χ0) is 17.0. The summed E-state index contributed by atoms with van der Waals surface area (Å²) in [5.41, 5.74) is 0. The Morgan fingerprint density at radius 3 is 2.78 bits per heavy atom. The smallest absolute Gasteiger partial charge is 0.408 e. The molecule has 130 valence electrons. The minimum Gasteiger partial charge on any atom is -0.469 e. The van der Waals surface area contributed by atoms with Crippen LogP contribution in [0.4, 0.5) is 13.2 Å². The first-order valence-corrected chi connectivity index (χ1v) is 7.89. The van der Waals surface area contributed by atoms with Crippen LogP contribution >= 0.6 is 0 Å². The average molecular weight is 332 g/mol. The van der Waals surface area contributed by atoms with Crippen LogP contribution < -0.4 is 5.32 Å². The molecule has 0 aliphatic carbocycles. The summed E-state index contributed by atoms with van der Waals surface area (Å²) in [6.45, 7) is 3.29. The van der Waals surface area contributed by atoms with Crippen LogP contribution in [0, 0.1) is 0 Å². The SMILES string of the molecule is CC(=O)N1CC(NC(C)CCc2ccco2)CCC1C(F)(F)F. The number of halogens is 3. The highest BCUT2D eigenvalue weighted by molar-refractivity contribution is 5.74. The Balaban J connectivity index is 1.85. The maximum absolute atomic E-state index is 13.0. The van der Waals surface area contributed by atoms with E-state index in [1.165, 1.54) is 6.92 Å². The Morgan fingerprint density at radius 2 is 2.22 bits per heavy atom. The van der Waals surface area contributed by atoms with Crippen molar-refractivity contribution in [2.75, 3.05) is 6.54 Å². The third-order valence-electron chi connectivity index (χ3n) is 4.29. The highest BCUT2D eigenvalue weighted by atomic mass is 19.4. The van der Waals surface area contributed by atoms with Gasteiger partial charge in [0.2, 0.25) is 5.91 Å². The monoisotopic (exact) mass is 332 g/mol. The summed E-state index contributed by atoms with van der Waals surface area (Å²) in [6.07, 6.45) is -0.773. The number of alkyl halides is 3. The molecule has 1 N–H and O–H groups in total. The standard InChI is InChI=1S/C16H23F3N2O2/c1-11(5-7-14-4-3-9-23-14)20-13-6-8-15(16(17,18)19)21(10-13)12(2)22/h3-4,9,11,13,15,20H,5-8,10H2,1-2H3. The Hall–Kier alpha value is -1.50. The van der Waals surface area contributed by atoms with Gasteiger partial charge in [-0.25, -0.2) is 0 Å². The predicted octanol–water partition coefficient (Wildman–Crippen LogP) is 3.13. The van der Waals surface area contributed by atoms with Gasteiger partial charge in [-0.2, -0.15) is 13.2 Å². The molecule has 1 aromatic rings. The number of amides is 1. The number of rotatable bonds is 5. The van der Waals surface area contributed by atoms with Crippen LogP contribution in [-0.4, -0.2) is 41.7 Å².